The van der Waals surface area contributed by atoms with Crippen LogP contribution in [0.1, 0.15) is 33.6 Å². The highest BCUT2D eigenvalue weighted by atomic mass is 14.1. The van der Waals surface area contributed by atoms with E-state index < -0.39 is 0 Å². The van der Waals surface area contributed by atoms with E-state index in [2.05, 4.69) is 39.0 Å². The summed E-state index contributed by atoms with van der Waals surface area (Å²) in [6.07, 6.45) is 8.99. The summed E-state index contributed by atoms with van der Waals surface area (Å²) in [7, 11) is 0. The quantitative estimate of drug-likeness (QED) is 0.492. The summed E-state index contributed by atoms with van der Waals surface area (Å²) in [5, 5.41) is 0. The van der Waals surface area contributed by atoms with Crippen molar-refractivity contribution in [2.24, 2.45) is 0 Å². The zero-order valence-electron chi connectivity index (χ0n) is 7.65. The van der Waals surface area contributed by atoms with Gasteiger partial charge in [0.15, 0.2) is 0 Å². The molecule has 0 spiro atoms. The van der Waals surface area contributed by atoms with Gasteiger partial charge in [0.1, 0.15) is 0 Å². The first-order valence-corrected chi connectivity index (χ1v) is 4.22. The summed E-state index contributed by atoms with van der Waals surface area (Å²) in [6, 6.07) is 0. The molecule has 1 aliphatic carbocycles. The largest absolute Gasteiger partial charge is 0.0842 e. The van der Waals surface area contributed by atoms with Crippen LogP contribution in [-0.2, 0) is 0 Å². The summed E-state index contributed by atoms with van der Waals surface area (Å²) in [5.74, 6) is 0. The zero-order chi connectivity index (χ0) is 8.27. The predicted molar refractivity (Wildman–Crippen MR) is 50.5 cm³/mol. The Bertz CT molecular complexity index is 226. The molecule has 60 valence electrons. The van der Waals surface area contributed by atoms with Gasteiger partial charge in [-0.2, -0.15) is 0 Å². The van der Waals surface area contributed by atoms with Gasteiger partial charge in [0, 0.05) is 0 Å². The lowest BCUT2D eigenvalue weighted by molar-refractivity contribution is 0.951. The van der Waals surface area contributed by atoms with Crippen LogP contribution in [0.15, 0.2) is 34.9 Å². The van der Waals surface area contributed by atoms with Crippen molar-refractivity contribution < 1.29 is 0 Å². The number of hydrogen-bond acceptors (Lipinski definition) is 0. The smallest absolute Gasteiger partial charge is 0.0282 e. The Morgan fingerprint density at radius 1 is 1.18 bits per heavy atom. The third kappa shape index (κ3) is 2.07. The third-order valence-corrected chi connectivity index (χ3v) is 2.40. The SMILES string of the molecule is CC1=CC=CCCC(C)=C1C. The Hall–Kier alpha value is -0.780. The van der Waals surface area contributed by atoms with E-state index in [1.165, 1.54) is 29.6 Å². The molecular formula is C11H16. The van der Waals surface area contributed by atoms with Crippen LogP contribution in [0.5, 0.6) is 0 Å². The molecule has 0 aromatic rings. The van der Waals surface area contributed by atoms with Gasteiger partial charge in [-0.05, 0) is 44.8 Å². The maximum absolute atomic E-state index is 2.24. The Morgan fingerprint density at radius 2 is 1.91 bits per heavy atom. The fourth-order valence-electron chi connectivity index (χ4n) is 1.26. The zero-order valence-corrected chi connectivity index (χ0v) is 7.65. The first kappa shape index (κ1) is 8.32. The van der Waals surface area contributed by atoms with Gasteiger partial charge in [-0.3, -0.25) is 0 Å². The average molecular weight is 148 g/mol. The molecule has 0 aliphatic heterocycles. The van der Waals surface area contributed by atoms with Crippen molar-refractivity contribution in [3.8, 4) is 0 Å². The molecule has 0 fully saturated rings. The highest BCUT2D eigenvalue weighted by Crippen LogP contribution is 2.19. The molecule has 1 rings (SSSR count). The van der Waals surface area contributed by atoms with Crippen LogP contribution >= 0.6 is 0 Å². The van der Waals surface area contributed by atoms with Gasteiger partial charge in [-0.25, -0.2) is 0 Å². The molecule has 0 amide bonds. The van der Waals surface area contributed by atoms with E-state index in [4.69, 9.17) is 0 Å². The van der Waals surface area contributed by atoms with E-state index in [9.17, 15) is 0 Å². The highest BCUT2D eigenvalue weighted by molar-refractivity contribution is 5.35. The van der Waals surface area contributed by atoms with Crippen LogP contribution in [0.3, 0.4) is 0 Å². The van der Waals surface area contributed by atoms with Gasteiger partial charge >= 0.3 is 0 Å². The molecule has 0 heterocycles. The van der Waals surface area contributed by atoms with Crippen molar-refractivity contribution in [3.05, 3.63) is 34.9 Å². The number of hydrogen-bond donors (Lipinski definition) is 0. The summed E-state index contributed by atoms with van der Waals surface area (Å²) >= 11 is 0. The van der Waals surface area contributed by atoms with E-state index >= 15 is 0 Å². The van der Waals surface area contributed by atoms with Gasteiger partial charge in [0.2, 0.25) is 0 Å². The average Bonchev–Trinajstić information content (AvgIpc) is 2.00. The summed E-state index contributed by atoms with van der Waals surface area (Å²) in [6.45, 7) is 6.61. The van der Waals surface area contributed by atoms with Crippen molar-refractivity contribution in [2.45, 2.75) is 33.6 Å². The van der Waals surface area contributed by atoms with Crippen LogP contribution in [-0.4, -0.2) is 0 Å². The van der Waals surface area contributed by atoms with Crippen molar-refractivity contribution >= 4 is 0 Å². The lowest BCUT2D eigenvalue weighted by Gasteiger charge is -2.08. The molecule has 0 radical (unpaired) electrons. The Kier molecular flexibility index (Phi) is 2.70. The second-order valence-electron chi connectivity index (χ2n) is 3.22. The predicted octanol–water partition coefficient (Wildman–Crippen LogP) is 3.62. The van der Waals surface area contributed by atoms with E-state index in [1.54, 1.807) is 0 Å². The van der Waals surface area contributed by atoms with Gasteiger partial charge in [-0.15, -0.1) is 0 Å². The van der Waals surface area contributed by atoms with Crippen LogP contribution < -0.4 is 0 Å². The molecule has 0 N–H and O–H groups in total. The van der Waals surface area contributed by atoms with Gasteiger partial charge in [0.05, 0.1) is 0 Å². The first-order chi connectivity index (χ1) is 5.22. The maximum Gasteiger partial charge on any atom is -0.0282 e. The minimum absolute atomic E-state index is 1.19. The standard InChI is InChI=1S/C11H16/c1-9-7-5-4-6-8-10(2)11(9)3/h4-5,7H,6,8H2,1-3H3. The second-order valence-corrected chi connectivity index (χ2v) is 3.22. The van der Waals surface area contributed by atoms with Crippen molar-refractivity contribution in [1.82, 2.24) is 0 Å². The van der Waals surface area contributed by atoms with Crippen LogP contribution in [0.2, 0.25) is 0 Å². The fourth-order valence-corrected chi connectivity index (χ4v) is 1.26. The summed E-state index contributed by atoms with van der Waals surface area (Å²) in [5.41, 5.74) is 4.40. The molecule has 0 atom stereocenters. The summed E-state index contributed by atoms with van der Waals surface area (Å²) in [4.78, 5) is 0. The van der Waals surface area contributed by atoms with Crippen LogP contribution in [0.4, 0.5) is 0 Å². The molecular weight excluding hydrogens is 132 g/mol. The Balaban J connectivity index is 2.95. The molecule has 11 heavy (non-hydrogen) atoms. The fraction of sp³-hybridized carbons (Fsp3) is 0.455. The van der Waals surface area contributed by atoms with Crippen LogP contribution in [0.25, 0.3) is 0 Å². The van der Waals surface area contributed by atoms with E-state index in [1.807, 2.05) is 0 Å². The number of allylic oxidation sites excluding steroid dienone is 6. The summed E-state index contributed by atoms with van der Waals surface area (Å²) < 4.78 is 0. The van der Waals surface area contributed by atoms with Crippen molar-refractivity contribution in [3.63, 3.8) is 0 Å². The lowest BCUT2D eigenvalue weighted by atomic mass is 9.98. The van der Waals surface area contributed by atoms with Crippen molar-refractivity contribution in [1.29, 1.82) is 0 Å². The van der Waals surface area contributed by atoms with Gasteiger partial charge in [0.25, 0.3) is 0 Å². The topological polar surface area (TPSA) is 0 Å². The van der Waals surface area contributed by atoms with Gasteiger partial charge in [-0.1, -0.05) is 23.8 Å². The molecule has 0 saturated heterocycles. The molecule has 1 aliphatic rings. The van der Waals surface area contributed by atoms with E-state index in [0.29, 0.717) is 0 Å². The van der Waals surface area contributed by atoms with Crippen LogP contribution in [0, 0.1) is 0 Å². The first-order valence-electron chi connectivity index (χ1n) is 4.22. The monoisotopic (exact) mass is 148 g/mol. The molecule has 0 heteroatoms. The van der Waals surface area contributed by atoms with E-state index in [0.717, 1.165) is 0 Å². The molecule has 0 aromatic heterocycles. The maximum atomic E-state index is 2.24. The minimum atomic E-state index is 1.19. The minimum Gasteiger partial charge on any atom is -0.0842 e. The normalized spacial score (nSPS) is 19.4. The van der Waals surface area contributed by atoms with Crippen molar-refractivity contribution in [2.75, 3.05) is 0 Å². The van der Waals surface area contributed by atoms with E-state index in [-0.39, 0.29) is 0 Å². The molecule has 0 bridgehead atoms. The second kappa shape index (κ2) is 3.56. The highest BCUT2D eigenvalue weighted by Gasteiger charge is 1.99. The molecule has 0 aromatic carbocycles. The number of rotatable bonds is 0. The molecule has 0 nitrogen and oxygen atoms in total. The Morgan fingerprint density at radius 3 is 2.64 bits per heavy atom. The Labute approximate surface area is 69.3 Å². The third-order valence-electron chi connectivity index (χ3n) is 2.40. The lowest BCUT2D eigenvalue weighted by Crippen LogP contribution is -1.88. The van der Waals surface area contributed by atoms with Gasteiger partial charge < -0.3 is 0 Å². The molecule has 0 unspecified atom stereocenters. The molecule has 0 saturated carbocycles.